The lowest BCUT2D eigenvalue weighted by atomic mass is 9.73. The van der Waals surface area contributed by atoms with Gasteiger partial charge in [0.15, 0.2) is 0 Å². The molecule has 13 rings (SSSR count). The molecule has 3 aromatic heterocycles. The summed E-state index contributed by atoms with van der Waals surface area (Å²) in [4.78, 5) is 0. The van der Waals surface area contributed by atoms with E-state index in [9.17, 15) is 0 Å². The van der Waals surface area contributed by atoms with E-state index >= 15 is 0 Å². The zero-order valence-electron chi connectivity index (χ0n) is 31.3. The van der Waals surface area contributed by atoms with E-state index < -0.39 is 0 Å². The molecule has 0 amide bonds. The fraction of sp³-hybridized carbons (Fsp3) is 0.115. The zero-order chi connectivity index (χ0) is 37.1. The van der Waals surface area contributed by atoms with Gasteiger partial charge in [0.1, 0.15) is 23.0 Å². The average Bonchev–Trinajstić information content (AvgIpc) is 4.00. The molecule has 56 heavy (non-hydrogen) atoms. The Kier molecular flexibility index (Phi) is 5.61. The second-order valence-electron chi connectivity index (χ2n) is 16.6. The number of hydrogen-bond donors (Lipinski definition) is 0. The molecule has 2 unspecified atom stereocenters. The molecule has 4 heterocycles. The molecule has 0 spiro atoms. The fourth-order valence-corrected chi connectivity index (χ4v) is 10.7. The lowest BCUT2D eigenvalue weighted by Crippen LogP contribution is -2.28. The lowest BCUT2D eigenvalue weighted by Gasteiger charge is -2.31. The highest BCUT2D eigenvalue weighted by Crippen LogP contribution is 2.59. The maximum Gasteiger partial charge on any atom is 0.139 e. The number of nitrogens with zero attached hydrogens (tertiary/aromatic N) is 2. The van der Waals surface area contributed by atoms with Gasteiger partial charge in [-0.3, -0.25) is 0 Å². The van der Waals surface area contributed by atoms with Crippen molar-refractivity contribution in [3.8, 4) is 28.3 Å². The molecule has 0 radical (unpaired) electrons. The van der Waals surface area contributed by atoms with Gasteiger partial charge in [0.25, 0.3) is 0 Å². The van der Waals surface area contributed by atoms with E-state index in [2.05, 4.69) is 176 Å². The van der Waals surface area contributed by atoms with Gasteiger partial charge in [0.05, 0.1) is 33.0 Å². The monoisotopic (exact) mass is 720 g/mol. The molecule has 7 aromatic carbocycles. The Labute approximate surface area is 323 Å². The van der Waals surface area contributed by atoms with Crippen LogP contribution in [-0.2, 0) is 10.8 Å². The first kappa shape index (κ1) is 30.5. The van der Waals surface area contributed by atoms with Crippen molar-refractivity contribution in [1.29, 1.82) is 0 Å². The summed E-state index contributed by atoms with van der Waals surface area (Å²) in [6, 6.07) is 53.1. The molecular formula is C52H36N2O2. The maximum atomic E-state index is 7.44. The van der Waals surface area contributed by atoms with Crippen LogP contribution in [0.4, 0.5) is 0 Å². The Morgan fingerprint density at radius 3 is 2.05 bits per heavy atom. The Morgan fingerprint density at radius 1 is 0.518 bits per heavy atom. The van der Waals surface area contributed by atoms with Crippen molar-refractivity contribution in [2.24, 2.45) is 0 Å². The Morgan fingerprint density at radius 2 is 1.18 bits per heavy atom. The fourth-order valence-electron chi connectivity index (χ4n) is 10.7. The highest BCUT2D eigenvalue weighted by atomic mass is 16.5. The van der Waals surface area contributed by atoms with Crippen molar-refractivity contribution in [2.75, 3.05) is 0 Å². The normalized spacial score (nSPS) is 18.7. The molecule has 10 aromatic rings. The van der Waals surface area contributed by atoms with Gasteiger partial charge in [-0.15, -0.1) is 0 Å². The van der Waals surface area contributed by atoms with E-state index in [-0.39, 0.29) is 16.9 Å². The average molecular weight is 721 g/mol. The van der Waals surface area contributed by atoms with Crippen molar-refractivity contribution in [3.05, 3.63) is 180 Å². The van der Waals surface area contributed by atoms with Crippen LogP contribution in [-0.4, -0.2) is 9.13 Å². The van der Waals surface area contributed by atoms with E-state index in [1.54, 1.807) is 0 Å². The van der Waals surface area contributed by atoms with Crippen LogP contribution < -0.4 is 4.74 Å². The second kappa shape index (κ2) is 10.3. The van der Waals surface area contributed by atoms with Crippen LogP contribution >= 0.6 is 0 Å². The first-order valence-electron chi connectivity index (χ1n) is 19.6. The lowest BCUT2D eigenvalue weighted by molar-refractivity contribution is 0.185. The van der Waals surface area contributed by atoms with Crippen LogP contribution in [0.2, 0.25) is 0 Å². The molecule has 0 saturated heterocycles. The molecule has 0 bridgehead atoms. The molecule has 1 aliphatic heterocycles. The minimum absolute atomic E-state index is 0.0401. The third-order valence-corrected chi connectivity index (χ3v) is 13.4. The predicted molar refractivity (Wildman–Crippen MR) is 229 cm³/mol. The summed E-state index contributed by atoms with van der Waals surface area (Å²) < 4.78 is 18.5. The molecule has 2 atom stereocenters. The summed E-state index contributed by atoms with van der Waals surface area (Å²) in [5.74, 6) is 0.984. The summed E-state index contributed by atoms with van der Waals surface area (Å²) in [5, 5.41) is 5.84. The molecular weight excluding hydrogens is 685 g/mol. The third-order valence-electron chi connectivity index (χ3n) is 13.4. The largest absolute Gasteiger partial charge is 0.483 e. The number of ether oxygens (including phenoxy) is 1. The van der Waals surface area contributed by atoms with Gasteiger partial charge >= 0.3 is 0 Å². The number of furan rings is 1. The molecule has 4 nitrogen and oxygen atoms in total. The van der Waals surface area contributed by atoms with Gasteiger partial charge < -0.3 is 18.3 Å². The minimum atomic E-state index is -0.359. The van der Waals surface area contributed by atoms with Gasteiger partial charge in [-0.2, -0.15) is 0 Å². The van der Waals surface area contributed by atoms with Gasteiger partial charge in [-0.05, 0) is 89.9 Å². The number of benzene rings is 7. The second-order valence-corrected chi connectivity index (χ2v) is 16.6. The first-order chi connectivity index (χ1) is 27.4. The summed E-state index contributed by atoms with van der Waals surface area (Å²) in [7, 11) is 0. The Bertz CT molecular complexity index is 3400. The Balaban J connectivity index is 1.01. The van der Waals surface area contributed by atoms with Crippen molar-refractivity contribution < 1.29 is 9.15 Å². The molecule has 2 aliphatic carbocycles. The van der Waals surface area contributed by atoms with E-state index in [0.29, 0.717) is 0 Å². The number of hydrogen-bond acceptors (Lipinski definition) is 2. The number of fused-ring (bicyclic) bond motifs is 17. The van der Waals surface area contributed by atoms with E-state index in [0.717, 1.165) is 50.3 Å². The van der Waals surface area contributed by atoms with Gasteiger partial charge in [-0.1, -0.05) is 111 Å². The smallest absolute Gasteiger partial charge is 0.139 e. The number of aromatic nitrogens is 2. The van der Waals surface area contributed by atoms with E-state index in [1.807, 2.05) is 12.1 Å². The van der Waals surface area contributed by atoms with E-state index in [1.165, 1.54) is 60.6 Å². The van der Waals surface area contributed by atoms with Crippen LogP contribution in [0.15, 0.2) is 156 Å². The quantitative estimate of drug-likeness (QED) is 0.178. The molecule has 0 fully saturated rings. The number of rotatable bonds is 2. The standard InChI is InChI=1S/C52H36N2O2/c1-51(2)38-16-8-4-12-32(38)36-28-30(20-22-39(36)51)53-41-17-9-5-14-34(41)47-43(53)24-23-40-49(47)56-50-48-35-15-6-10-18-42(35)54(44(48)26-27-52(40,50)3)31-21-25-46-37(29-31)33-13-7-11-19-45(33)55-46/h4-29,50H,1-3H3. The Hall–Kier alpha value is -6.78. The molecule has 266 valence electrons. The highest BCUT2D eigenvalue weighted by molar-refractivity contribution is 6.13. The molecule has 4 heteroatoms. The van der Waals surface area contributed by atoms with Crippen LogP contribution in [0.25, 0.3) is 83.2 Å². The van der Waals surface area contributed by atoms with Crippen LogP contribution in [0.5, 0.6) is 5.75 Å². The van der Waals surface area contributed by atoms with Crippen LogP contribution in [0, 0.1) is 0 Å². The summed E-state index contributed by atoms with van der Waals surface area (Å²) >= 11 is 0. The van der Waals surface area contributed by atoms with Crippen LogP contribution in [0.3, 0.4) is 0 Å². The third kappa shape index (κ3) is 3.65. The SMILES string of the molecule is CC1(C)c2ccccc2-c2cc(-n3c4ccccc4c4c5c(ccc43)C3(C)C=Cc4c(c6ccccc6n4-c4ccc6oc7ccccc7c6c4)C3O5)ccc21. The first-order valence-corrected chi connectivity index (χ1v) is 19.6. The maximum absolute atomic E-state index is 7.44. The summed E-state index contributed by atoms with van der Waals surface area (Å²) in [6.07, 6.45) is 4.52. The van der Waals surface area contributed by atoms with Gasteiger partial charge in [-0.25, -0.2) is 0 Å². The molecule has 3 aliphatic rings. The van der Waals surface area contributed by atoms with Crippen molar-refractivity contribution in [2.45, 2.75) is 37.7 Å². The summed E-state index contributed by atoms with van der Waals surface area (Å²) in [6.45, 7) is 7.04. The minimum Gasteiger partial charge on any atom is -0.483 e. The molecule has 0 saturated carbocycles. The summed E-state index contributed by atoms with van der Waals surface area (Å²) in [5.41, 5.74) is 16.2. The predicted octanol–water partition coefficient (Wildman–Crippen LogP) is 13.4. The van der Waals surface area contributed by atoms with Crippen molar-refractivity contribution in [3.63, 3.8) is 0 Å². The molecule has 0 N–H and O–H groups in total. The van der Waals surface area contributed by atoms with Gasteiger partial charge in [0.2, 0.25) is 0 Å². The highest BCUT2D eigenvalue weighted by Gasteiger charge is 2.50. The topological polar surface area (TPSA) is 32.2 Å². The van der Waals surface area contributed by atoms with Crippen molar-refractivity contribution >= 4 is 60.7 Å². The van der Waals surface area contributed by atoms with Crippen LogP contribution in [0.1, 0.15) is 54.8 Å². The van der Waals surface area contributed by atoms with Crippen molar-refractivity contribution in [1.82, 2.24) is 9.13 Å². The number of para-hydroxylation sites is 3. The zero-order valence-corrected chi connectivity index (χ0v) is 31.3. The van der Waals surface area contributed by atoms with Gasteiger partial charge in [0, 0.05) is 49.5 Å². The van der Waals surface area contributed by atoms with E-state index in [4.69, 9.17) is 9.15 Å².